The summed E-state index contributed by atoms with van der Waals surface area (Å²) in [7, 11) is -4.24. The maximum atomic E-state index is 13.3. The first-order valence-electron chi connectivity index (χ1n) is 10.5. The molecule has 1 aliphatic heterocycles. The summed E-state index contributed by atoms with van der Waals surface area (Å²) < 4.78 is 31.0. The second kappa shape index (κ2) is 9.77. The van der Waals surface area contributed by atoms with E-state index < -0.39 is 33.5 Å². The first-order chi connectivity index (χ1) is 17.0. The van der Waals surface area contributed by atoms with Crippen molar-refractivity contribution in [1.82, 2.24) is 5.32 Å². The van der Waals surface area contributed by atoms with Gasteiger partial charge in [0, 0.05) is 15.6 Å². The minimum Gasteiger partial charge on any atom is -0.378 e. The van der Waals surface area contributed by atoms with Gasteiger partial charge in [0.1, 0.15) is 16.2 Å². The van der Waals surface area contributed by atoms with Gasteiger partial charge < -0.3 is 4.18 Å². The number of carbonyl (C=O) groups is 3. The summed E-state index contributed by atoms with van der Waals surface area (Å²) >= 11 is 12.2. The molecular formula is C25H18Cl2N2O6S. The Bertz CT molecular complexity index is 1550. The largest absolute Gasteiger partial charge is 0.378 e. The van der Waals surface area contributed by atoms with Crippen LogP contribution in [0.1, 0.15) is 16.7 Å². The van der Waals surface area contributed by atoms with E-state index in [-0.39, 0.29) is 26.9 Å². The third kappa shape index (κ3) is 4.99. The number of carbonyl (C=O) groups excluding carboxylic acids is 3. The molecule has 11 heteroatoms. The molecule has 0 bridgehead atoms. The summed E-state index contributed by atoms with van der Waals surface area (Å²) in [5.41, 5.74) is 1.10. The van der Waals surface area contributed by atoms with Crippen molar-refractivity contribution in [3.05, 3.63) is 93.0 Å². The van der Waals surface area contributed by atoms with E-state index in [9.17, 15) is 22.8 Å². The van der Waals surface area contributed by atoms with Crippen LogP contribution in [-0.2, 0) is 19.7 Å². The van der Waals surface area contributed by atoms with Gasteiger partial charge in [-0.05, 0) is 68.0 Å². The first kappa shape index (κ1) is 25.4. The number of halogens is 2. The van der Waals surface area contributed by atoms with E-state index >= 15 is 0 Å². The Morgan fingerprint density at radius 3 is 2.33 bits per heavy atom. The standard InChI is InChI=1S/C25H18Cl2N2O6S/c1-14-6-9-18(10-7-14)36(33,34)35-22-11-8-17(26)12-16(22)13-19-23(30)28-25(32)29(24(19)31)21-5-3-4-20(27)15(21)2/h3-13H,1-2H3,(H,28,30,32)/b19-13+. The molecule has 0 aliphatic carbocycles. The van der Waals surface area contributed by atoms with Crippen LogP contribution in [-0.4, -0.2) is 26.3 Å². The molecule has 0 saturated carbocycles. The zero-order valence-corrected chi connectivity index (χ0v) is 21.2. The molecule has 4 rings (SSSR count). The van der Waals surface area contributed by atoms with Gasteiger partial charge >= 0.3 is 16.1 Å². The molecule has 3 aromatic carbocycles. The van der Waals surface area contributed by atoms with Gasteiger partial charge in [-0.15, -0.1) is 0 Å². The molecule has 1 fully saturated rings. The Morgan fingerprint density at radius 1 is 0.944 bits per heavy atom. The fourth-order valence-electron chi connectivity index (χ4n) is 3.45. The summed E-state index contributed by atoms with van der Waals surface area (Å²) in [4.78, 5) is 39.2. The summed E-state index contributed by atoms with van der Waals surface area (Å²) in [6, 6.07) is 13.8. The van der Waals surface area contributed by atoms with E-state index in [0.717, 1.165) is 16.5 Å². The Hall–Kier alpha value is -3.66. The number of barbiturate groups is 1. The number of benzene rings is 3. The molecular weight excluding hydrogens is 527 g/mol. The van der Waals surface area contributed by atoms with E-state index in [4.69, 9.17) is 27.4 Å². The lowest BCUT2D eigenvalue weighted by atomic mass is 10.1. The molecule has 1 N–H and O–H groups in total. The van der Waals surface area contributed by atoms with Gasteiger partial charge in [0.15, 0.2) is 0 Å². The Morgan fingerprint density at radius 2 is 1.64 bits per heavy atom. The molecule has 0 radical (unpaired) electrons. The second-order valence-electron chi connectivity index (χ2n) is 7.87. The number of hydrogen-bond acceptors (Lipinski definition) is 6. The van der Waals surface area contributed by atoms with Crippen molar-refractivity contribution in [3.8, 4) is 5.75 Å². The van der Waals surface area contributed by atoms with Gasteiger partial charge in [-0.3, -0.25) is 14.9 Å². The lowest BCUT2D eigenvalue weighted by Gasteiger charge is -2.27. The molecule has 0 unspecified atom stereocenters. The Kier molecular flexibility index (Phi) is 6.90. The number of rotatable bonds is 5. The highest BCUT2D eigenvalue weighted by molar-refractivity contribution is 7.87. The maximum Gasteiger partial charge on any atom is 0.339 e. The van der Waals surface area contributed by atoms with Crippen LogP contribution in [0, 0.1) is 13.8 Å². The van der Waals surface area contributed by atoms with Crippen LogP contribution in [0.4, 0.5) is 10.5 Å². The van der Waals surface area contributed by atoms with Gasteiger partial charge in [-0.1, -0.05) is 47.0 Å². The summed E-state index contributed by atoms with van der Waals surface area (Å²) in [5.74, 6) is -2.06. The number of hydrogen-bond donors (Lipinski definition) is 1. The zero-order valence-electron chi connectivity index (χ0n) is 18.9. The molecule has 36 heavy (non-hydrogen) atoms. The molecule has 1 aliphatic rings. The fraction of sp³-hybridized carbons (Fsp3) is 0.0800. The number of nitrogens with zero attached hydrogens (tertiary/aromatic N) is 1. The van der Waals surface area contributed by atoms with E-state index in [0.29, 0.717) is 10.6 Å². The molecule has 1 saturated heterocycles. The average molecular weight is 545 g/mol. The first-order valence-corrected chi connectivity index (χ1v) is 12.6. The van der Waals surface area contributed by atoms with Crippen LogP contribution in [0.5, 0.6) is 5.75 Å². The highest BCUT2D eigenvalue weighted by atomic mass is 35.5. The predicted octanol–water partition coefficient (Wildman–Crippen LogP) is 5.04. The van der Waals surface area contributed by atoms with Crippen molar-refractivity contribution in [2.24, 2.45) is 0 Å². The topological polar surface area (TPSA) is 110 Å². The van der Waals surface area contributed by atoms with Gasteiger partial charge in [0.05, 0.1) is 5.69 Å². The molecule has 3 aromatic rings. The Labute approximate surface area is 217 Å². The monoisotopic (exact) mass is 544 g/mol. The molecule has 8 nitrogen and oxygen atoms in total. The van der Waals surface area contributed by atoms with E-state index in [1.165, 1.54) is 36.4 Å². The molecule has 0 spiro atoms. The minimum atomic E-state index is -4.24. The number of imide groups is 2. The van der Waals surface area contributed by atoms with E-state index in [1.807, 2.05) is 6.92 Å². The number of nitrogens with one attached hydrogen (secondary N) is 1. The SMILES string of the molecule is Cc1ccc(S(=O)(=O)Oc2ccc(Cl)cc2/C=C2\C(=O)NC(=O)N(c3cccc(Cl)c3C)C2=O)cc1. The number of anilines is 1. The zero-order chi connectivity index (χ0) is 26.2. The van der Waals surface area contributed by atoms with Gasteiger partial charge in [-0.2, -0.15) is 8.42 Å². The van der Waals surface area contributed by atoms with E-state index in [1.54, 1.807) is 31.2 Å². The molecule has 184 valence electrons. The second-order valence-corrected chi connectivity index (χ2v) is 10.3. The van der Waals surface area contributed by atoms with Crippen molar-refractivity contribution in [1.29, 1.82) is 0 Å². The van der Waals surface area contributed by atoms with Crippen molar-refractivity contribution in [3.63, 3.8) is 0 Å². The quantitative estimate of drug-likeness (QED) is 0.273. The number of urea groups is 1. The van der Waals surface area contributed by atoms with Gasteiger partial charge in [0.2, 0.25) is 0 Å². The summed E-state index contributed by atoms with van der Waals surface area (Å²) in [6.45, 7) is 3.43. The molecule has 4 amide bonds. The minimum absolute atomic E-state index is 0.0359. The summed E-state index contributed by atoms with van der Waals surface area (Å²) in [6.07, 6.45) is 1.11. The van der Waals surface area contributed by atoms with Crippen molar-refractivity contribution in [2.45, 2.75) is 18.7 Å². The van der Waals surface area contributed by atoms with Crippen LogP contribution < -0.4 is 14.4 Å². The Balaban J connectivity index is 1.77. The van der Waals surface area contributed by atoms with Crippen molar-refractivity contribution in [2.75, 3.05) is 4.90 Å². The van der Waals surface area contributed by atoms with Gasteiger partial charge in [-0.25, -0.2) is 9.69 Å². The lowest BCUT2D eigenvalue weighted by molar-refractivity contribution is -0.122. The number of amides is 4. The molecule has 0 atom stereocenters. The van der Waals surface area contributed by atoms with Gasteiger partial charge in [0.25, 0.3) is 11.8 Å². The fourth-order valence-corrected chi connectivity index (χ4v) is 4.75. The lowest BCUT2D eigenvalue weighted by Crippen LogP contribution is -2.54. The number of aryl methyl sites for hydroxylation is 1. The van der Waals surface area contributed by atoms with Crippen molar-refractivity contribution < 1.29 is 27.0 Å². The predicted molar refractivity (Wildman–Crippen MR) is 136 cm³/mol. The van der Waals surface area contributed by atoms with Crippen LogP contribution >= 0.6 is 23.2 Å². The highest BCUT2D eigenvalue weighted by Gasteiger charge is 2.38. The molecule has 1 heterocycles. The van der Waals surface area contributed by atoms with Crippen LogP contribution in [0.2, 0.25) is 10.0 Å². The van der Waals surface area contributed by atoms with E-state index in [2.05, 4.69) is 5.32 Å². The molecule has 0 aromatic heterocycles. The van der Waals surface area contributed by atoms with Crippen LogP contribution in [0.25, 0.3) is 6.08 Å². The normalized spacial score (nSPS) is 15.3. The third-order valence-corrected chi connectivity index (χ3v) is 7.26. The summed E-state index contributed by atoms with van der Waals surface area (Å²) in [5, 5.41) is 2.63. The smallest absolute Gasteiger partial charge is 0.339 e. The van der Waals surface area contributed by atoms with Crippen LogP contribution in [0.15, 0.2) is 71.1 Å². The highest BCUT2D eigenvalue weighted by Crippen LogP contribution is 2.32. The maximum absolute atomic E-state index is 13.3. The van der Waals surface area contributed by atoms with Crippen molar-refractivity contribution >= 4 is 62.9 Å². The third-order valence-electron chi connectivity index (χ3n) is 5.36. The van der Waals surface area contributed by atoms with Crippen LogP contribution in [0.3, 0.4) is 0 Å². The average Bonchev–Trinajstić information content (AvgIpc) is 2.81.